The molecule has 7 nitrogen and oxygen atoms in total. The number of hydrogen-bond donors (Lipinski definition) is 3. The van der Waals surface area contributed by atoms with Crippen LogP contribution in [0.5, 0.6) is 0 Å². The number of amides is 2. The van der Waals surface area contributed by atoms with Crippen molar-refractivity contribution in [2.24, 2.45) is 0 Å². The molecule has 0 saturated carbocycles. The maximum Gasteiger partial charge on any atom is 0.326 e. The summed E-state index contributed by atoms with van der Waals surface area (Å²) in [6.07, 6.45) is 7.81. The summed E-state index contributed by atoms with van der Waals surface area (Å²) >= 11 is 0. The van der Waals surface area contributed by atoms with Crippen LogP contribution >= 0.6 is 0 Å². The summed E-state index contributed by atoms with van der Waals surface area (Å²) in [6.45, 7) is 0. The number of carbonyl (C=O) groups excluding carboxylic acids is 1. The van der Waals surface area contributed by atoms with Crippen molar-refractivity contribution in [3.8, 4) is 0 Å². The topological polar surface area (TPSA) is 104 Å². The van der Waals surface area contributed by atoms with Gasteiger partial charge in [0.25, 0.3) is 0 Å². The van der Waals surface area contributed by atoms with Crippen molar-refractivity contribution in [3.05, 3.63) is 52.3 Å². The molecule has 0 fully saturated rings. The third-order valence-corrected chi connectivity index (χ3v) is 5.36. The Labute approximate surface area is 157 Å². The van der Waals surface area contributed by atoms with Crippen molar-refractivity contribution in [2.75, 3.05) is 5.32 Å². The van der Waals surface area contributed by atoms with Gasteiger partial charge in [0.15, 0.2) is 0 Å². The van der Waals surface area contributed by atoms with Gasteiger partial charge in [0.2, 0.25) is 0 Å². The molecule has 1 unspecified atom stereocenters. The highest BCUT2D eigenvalue weighted by molar-refractivity contribution is 5.94. The minimum absolute atomic E-state index is 0.0849. The second-order valence-corrected chi connectivity index (χ2v) is 7.14. The Morgan fingerprint density at radius 1 is 1.11 bits per heavy atom. The highest BCUT2D eigenvalue weighted by Gasteiger charge is 2.26. The number of anilines is 1. The zero-order chi connectivity index (χ0) is 18.8. The Kier molecular flexibility index (Phi) is 4.75. The summed E-state index contributed by atoms with van der Waals surface area (Å²) in [4.78, 5) is 24.2. The van der Waals surface area contributed by atoms with E-state index in [0.717, 1.165) is 44.2 Å². The fraction of sp³-hybridized carbons (Fsp3) is 0.400. The third-order valence-electron chi connectivity index (χ3n) is 5.36. The Morgan fingerprint density at radius 2 is 1.81 bits per heavy atom. The van der Waals surface area contributed by atoms with Crippen molar-refractivity contribution >= 4 is 17.7 Å². The standard InChI is InChI=1S/C20H22N4O3/c25-19(26)17(11-14-6-3-9-21-24-14)22-20(27)23-18-15-7-1-4-12(15)10-13-5-2-8-16(13)18/h3,6,9-10,17H,1-2,4-5,7-8,11H2,(H,25,26)(H2,22,23,27). The number of rotatable bonds is 5. The van der Waals surface area contributed by atoms with Crippen molar-refractivity contribution < 1.29 is 14.7 Å². The first-order valence-corrected chi connectivity index (χ1v) is 9.35. The van der Waals surface area contributed by atoms with E-state index in [1.165, 1.54) is 28.5 Å². The molecule has 1 aromatic heterocycles. The van der Waals surface area contributed by atoms with E-state index in [0.29, 0.717) is 5.69 Å². The number of aryl methyl sites for hydroxylation is 2. The van der Waals surface area contributed by atoms with E-state index < -0.39 is 18.0 Å². The SMILES string of the molecule is O=C(Nc1c2c(cc3c1CCC3)CCC2)NC(Cc1cccnn1)C(=O)O. The van der Waals surface area contributed by atoms with Gasteiger partial charge in [0, 0.05) is 18.3 Å². The van der Waals surface area contributed by atoms with Gasteiger partial charge in [-0.15, -0.1) is 0 Å². The molecule has 2 aliphatic carbocycles. The number of carbonyl (C=O) groups is 2. The smallest absolute Gasteiger partial charge is 0.326 e. The van der Waals surface area contributed by atoms with Gasteiger partial charge in [0.05, 0.1) is 5.69 Å². The number of nitrogens with one attached hydrogen (secondary N) is 2. The molecule has 3 N–H and O–H groups in total. The zero-order valence-corrected chi connectivity index (χ0v) is 15.0. The van der Waals surface area contributed by atoms with Crippen molar-refractivity contribution in [1.29, 1.82) is 0 Å². The molecule has 2 aliphatic rings. The maximum atomic E-state index is 12.6. The molecule has 0 radical (unpaired) electrons. The highest BCUT2D eigenvalue weighted by atomic mass is 16.4. The zero-order valence-electron chi connectivity index (χ0n) is 15.0. The Morgan fingerprint density at radius 3 is 2.41 bits per heavy atom. The lowest BCUT2D eigenvalue weighted by Gasteiger charge is -2.19. The summed E-state index contributed by atoms with van der Waals surface area (Å²) < 4.78 is 0. The van der Waals surface area contributed by atoms with Gasteiger partial charge >= 0.3 is 12.0 Å². The number of hydrogen-bond acceptors (Lipinski definition) is 4. The summed E-state index contributed by atoms with van der Waals surface area (Å²) in [7, 11) is 0. The van der Waals surface area contributed by atoms with Crippen molar-refractivity contribution in [3.63, 3.8) is 0 Å². The number of urea groups is 1. The second kappa shape index (κ2) is 7.34. The van der Waals surface area contributed by atoms with E-state index in [-0.39, 0.29) is 6.42 Å². The predicted octanol–water partition coefficient (Wildman–Crippen LogP) is 2.27. The summed E-state index contributed by atoms with van der Waals surface area (Å²) in [5, 5.41) is 22.7. The van der Waals surface area contributed by atoms with Crippen LogP contribution in [-0.4, -0.2) is 33.3 Å². The molecule has 2 aromatic rings. The van der Waals surface area contributed by atoms with Gasteiger partial charge in [-0.3, -0.25) is 0 Å². The minimum Gasteiger partial charge on any atom is -0.480 e. The molecule has 0 bridgehead atoms. The third kappa shape index (κ3) is 3.63. The van der Waals surface area contributed by atoms with E-state index in [1.807, 2.05) is 0 Å². The van der Waals surface area contributed by atoms with E-state index in [9.17, 15) is 14.7 Å². The molecule has 0 spiro atoms. The molecule has 27 heavy (non-hydrogen) atoms. The number of nitrogens with zero attached hydrogens (tertiary/aromatic N) is 2. The van der Waals surface area contributed by atoms with Crippen LogP contribution < -0.4 is 10.6 Å². The monoisotopic (exact) mass is 366 g/mol. The van der Waals surface area contributed by atoms with Gasteiger partial charge < -0.3 is 15.7 Å². The molecule has 1 aromatic carbocycles. The number of aliphatic carboxylic acids is 1. The quantitative estimate of drug-likeness (QED) is 0.753. The van der Waals surface area contributed by atoms with E-state index in [4.69, 9.17) is 0 Å². The maximum absolute atomic E-state index is 12.6. The van der Waals surface area contributed by atoms with Crippen molar-refractivity contribution in [2.45, 2.75) is 51.0 Å². The fourth-order valence-electron chi connectivity index (χ4n) is 4.13. The second-order valence-electron chi connectivity index (χ2n) is 7.14. The van der Waals surface area contributed by atoms with Gasteiger partial charge in [0.1, 0.15) is 6.04 Å². The highest BCUT2D eigenvalue weighted by Crippen LogP contribution is 2.38. The lowest BCUT2D eigenvalue weighted by atomic mass is 9.99. The summed E-state index contributed by atoms with van der Waals surface area (Å²) in [5.74, 6) is -1.10. The molecule has 0 aliphatic heterocycles. The minimum atomic E-state index is -1.10. The normalized spacial score (nSPS) is 15.7. The molecule has 4 rings (SSSR count). The number of carboxylic acid groups (broad SMARTS) is 1. The fourth-order valence-corrected chi connectivity index (χ4v) is 4.13. The number of benzene rings is 1. The molecule has 2 amide bonds. The molecule has 0 saturated heterocycles. The van der Waals surface area contributed by atoms with Crippen molar-refractivity contribution in [1.82, 2.24) is 15.5 Å². The number of aromatic nitrogens is 2. The molecule has 1 heterocycles. The van der Waals surface area contributed by atoms with Crippen LogP contribution in [0.15, 0.2) is 24.4 Å². The number of fused-ring (bicyclic) bond motifs is 2. The van der Waals surface area contributed by atoms with Gasteiger partial charge in [-0.2, -0.15) is 10.2 Å². The van der Waals surface area contributed by atoms with Gasteiger partial charge in [-0.1, -0.05) is 6.07 Å². The molecule has 140 valence electrons. The van der Waals surface area contributed by atoms with Gasteiger partial charge in [-0.05, 0) is 72.9 Å². The van der Waals surface area contributed by atoms with Crippen LogP contribution in [0, 0.1) is 0 Å². The molecular weight excluding hydrogens is 344 g/mol. The summed E-state index contributed by atoms with van der Waals surface area (Å²) in [5.41, 5.74) is 6.49. The van der Waals surface area contributed by atoms with Crippen LogP contribution in [0.25, 0.3) is 0 Å². The van der Waals surface area contributed by atoms with E-state index in [2.05, 4.69) is 26.9 Å². The van der Waals surface area contributed by atoms with Crippen LogP contribution in [0.4, 0.5) is 10.5 Å². The van der Waals surface area contributed by atoms with Crippen LogP contribution in [0.1, 0.15) is 40.8 Å². The summed E-state index contributed by atoms with van der Waals surface area (Å²) in [6, 6.07) is 4.13. The van der Waals surface area contributed by atoms with E-state index in [1.54, 1.807) is 12.1 Å². The first-order valence-electron chi connectivity index (χ1n) is 9.35. The largest absolute Gasteiger partial charge is 0.480 e. The Hall–Kier alpha value is -2.96. The average Bonchev–Trinajstić information content (AvgIpc) is 3.31. The molecular formula is C20H22N4O3. The Balaban J connectivity index is 1.52. The first-order chi connectivity index (χ1) is 13.1. The lowest BCUT2D eigenvalue weighted by Crippen LogP contribution is -2.44. The molecule has 7 heteroatoms. The average molecular weight is 366 g/mol. The van der Waals surface area contributed by atoms with Crippen LogP contribution in [0.3, 0.4) is 0 Å². The van der Waals surface area contributed by atoms with Crippen LogP contribution in [-0.2, 0) is 36.9 Å². The number of carboxylic acids is 1. The van der Waals surface area contributed by atoms with Crippen LogP contribution in [0.2, 0.25) is 0 Å². The van der Waals surface area contributed by atoms with E-state index >= 15 is 0 Å². The van der Waals surface area contributed by atoms with Gasteiger partial charge in [-0.25, -0.2) is 9.59 Å². The lowest BCUT2D eigenvalue weighted by molar-refractivity contribution is -0.139. The Bertz CT molecular complexity index is 850. The molecule has 1 atom stereocenters. The first kappa shape index (κ1) is 17.5. The predicted molar refractivity (Wildman–Crippen MR) is 99.8 cm³/mol.